The third-order valence-electron chi connectivity index (χ3n) is 4.66. The number of amides is 1. The molecule has 0 saturated heterocycles. The fraction of sp³-hybridized carbons (Fsp3) is 0.190. The molecule has 0 aliphatic rings. The number of nitrogens with two attached hydrogens (primary N) is 1. The highest BCUT2D eigenvalue weighted by Gasteiger charge is 2.20. The average Bonchev–Trinajstić information content (AvgIpc) is 3.36. The Bertz CT molecular complexity index is 1170. The summed E-state index contributed by atoms with van der Waals surface area (Å²) in [6.07, 6.45) is 5.27. The van der Waals surface area contributed by atoms with E-state index >= 15 is 0 Å². The number of thiophene rings is 1. The lowest BCUT2D eigenvalue weighted by molar-refractivity contribution is -0.117. The van der Waals surface area contributed by atoms with E-state index in [0.29, 0.717) is 23.8 Å². The third-order valence-corrected chi connectivity index (χ3v) is 6.19. The van der Waals surface area contributed by atoms with Crippen molar-refractivity contribution >= 4 is 62.8 Å². The first kappa shape index (κ1) is 23.0. The molecule has 4 heterocycles. The van der Waals surface area contributed by atoms with E-state index in [1.165, 1.54) is 0 Å². The van der Waals surface area contributed by atoms with Gasteiger partial charge in [0, 0.05) is 35.4 Å². The van der Waals surface area contributed by atoms with Crippen molar-refractivity contribution in [2.75, 3.05) is 10.6 Å². The Hall–Kier alpha value is -2.65. The van der Waals surface area contributed by atoms with Gasteiger partial charge in [-0.15, -0.1) is 23.7 Å². The quantitative estimate of drug-likeness (QED) is 0.330. The SMILES string of the molecule is Cc1c(C[C@@H](N)C(=O)Nc2ccncc2)sc2c(NCc3ccco3)cc(Cl)nc12.Cl. The van der Waals surface area contributed by atoms with Crippen LogP contribution in [-0.2, 0) is 17.8 Å². The summed E-state index contributed by atoms with van der Waals surface area (Å²) in [5.74, 6) is 0.569. The minimum absolute atomic E-state index is 0. The lowest BCUT2D eigenvalue weighted by Gasteiger charge is -2.11. The van der Waals surface area contributed by atoms with Crippen LogP contribution in [0, 0.1) is 6.92 Å². The Morgan fingerprint density at radius 2 is 2.10 bits per heavy atom. The summed E-state index contributed by atoms with van der Waals surface area (Å²) >= 11 is 7.81. The minimum Gasteiger partial charge on any atom is -0.467 e. The molecule has 0 aliphatic carbocycles. The van der Waals surface area contributed by atoms with Gasteiger partial charge in [-0.3, -0.25) is 9.78 Å². The van der Waals surface area contributed by atoms with Gasteiger partial charge in [0.15, 0.2) is 0 Å². The van der Waals surface area contributed by atoms with Crippen molar-refractivity contribution in [2.45, 2.75) is 25.9 Å². The predicted molar refractivity (Wildman–Crippen MR) is 127 cm³/mol. The maximum absolute atomic E-state index is 12.5. The van der Waals surface area contributed by atoms with Crippen molar-refractivity contribution in [2.24, 2.45) is 5.73 Å². The van der Waals surface area contributed by atoms with E-state index in [4.69, 9.17) is 21.8 Å². The Balaban J connectivity index is 0.00000272. The monoisotopic (exact) mass is 477 g/mol. The summed E-state index contributed by atoms with van der Waals surface area (Å²) in [6, 6.07) is 8.29. The highest BCUT2D eigenvalue weighted by atomic mass is 35.5. The van der Waals surface area contributed by atoms with Gasteiger partial charge in [0.1, 0.15) is 10.9 Å². The Kier molecular flexibility index (Phi) is 7.50. The molecule has 0 spiro atoms. The summed E-state index contributed by atoms with van der Waals surface area (Å²) in [7, 11) is 0. The molecule has 0 aromatic carbocycles. The van der Waals surface area contributed by atoms with Gasteiger partial charge in [0.05, 0.1) is 34.8 Å². The summed E-state index contributed by atoms with van der Waals surface area (Å²) in [5.41, 5.74) is 9.51. The zero-order valence-corrected chi connectivity index (χ0v) is 19.0. The topological polar surface area (TPSA) is 106 Å². The van der Waals surface area contributed by atoms with E-state index in [0.717, 1.165) is 32.1 Å². The van der Waals surface area contributed by atoms with Crippen LogP contribution in [-0.4, -0.2) is 21.9 Å². The number of carbonyl (C=O) groups excluding carboxylic acids is 1. The van der Waals surface area contributed by atoms with Gasteiger partial charge in [-0.05, 0) is 36.8 Å². The van der Waals surface area contributed by atoms with Crippen LogP contribution in [0.5, 0.6) is 0 Å². The highest BCUT2D eigenvalue weighted by Crippen LogP contribution is 2.37. The first-order valence-corrected chi connectivity index (χ1v) is 10.5. The molecule has 0 aliphatic heterocycles. The molecule has 162 valence electrons. The van der Waals surface area contributed by atoms with Crippen molar-refractivity contribution < 1.29 is 9.21 Å². The van der Waals surface area contributed by atoms with Crippen molar-refractivity contribution in [1.29, 1.82) is 0 Å². The highest BCUT2D eigenvalue weighted by molar-refractivity contribution is 7.19. The number of nitrogens with zero attached hydrogens (tertiary/aromatic N) is 2. The second kappa shape index (κ2) is 10.1. The third kappa shape index (κ3) is 5.34. The number of aryl methyl sites for hydroxylation is 1. The minimum atomic E-state index is -0.695. The van der Waals surface area contributed by atoms with E-state index < -0.39 is 6.04 Å². The zero-order valence-electron chi connectivity index (χ0n) is 16.6. The largest absolute Gasteiger partial charge is 0.467 e. The molecular weight excluding hydrogens is 457 g/mol. The number of rotatable bonds is 7. The molecule has 0 radical (unpaired) electrons. The number of fused-ring (bicyclic) bond motifs is 1. The van der Waals surface area contributed by atoms with Crippen molar-refractivity contribution in [3.63, 3.8) is 0 Å². The number of hydrogen-bond acceptors (Lipinski definition) is 7. The van der Waals surface area contributed by atoms with E-state index in [1.54, 1.807) is 48.2 Å². The van der Waals surface area contributed by atoms with Crippen LogP contribution in [0.15, 0.2) is 53.4 Å². The molecule has 0 bridgehead atoms. The summed E-state index contributed by atoms with van der Waals surface area (Å²) < 4.78 is 6.35. The molecule has 0 unspecified atom stereocenters. The van der Waals surface area contributed by atoms with Gasteiger partial charge >= 0.3 is 0 Å². The molecule has 4 rings (SSSR count). The number of halogens is 2. The number of pyridine rings is 2. The molecule has 4 aromatic rings. The molecule has 0 fully saturated rings. The zero-order chi connectivity index (χ0) is 21.1. The van der Waals surface area contributed by atoms with Gasteiger partial charge in [-0.1, -0.05) is 11.6 Å². The number of carbonyl (C=O) groups is 1. The normalized spacial score (nSPS) is 11.7. The van der Waals surface area contributed by atoms with Gasteiger partial charge in [0.25, 0.3) is 0 Å². The lowest BCUT2D eigenvalue weighted by Crippen LogP contribution is -2.37. The number of anilines is 2. The molecule has 0 saturated carbocycles. The van der Waals surface area contributed by atoms with Crippen LogP contribution >= 0.6 is 35.3 Å². The van der Waals surface area contributed by atoms with Crippen molar-refractivity contribution in [1.82, 2.24) is 9.97 Å². The van der Waals surface area contributed by atoms with Crippen LogP contribution in [0.2, 0.25) is 5.15 Å². The first-order chi connectivity index (χ1) is 14.5. The molecule has 4 N–H and O–H groups in total. The standard InChI is InChI=1S/C21H20ClN5O2S.ClH/c1-12-17(9-15(23)21(28)26-13-4-6-24-7-5-13)30-20-16(10-18(22)27-19(12)20)25-11-14-3-2-8-29-14;/h2-8,10,15H,9,11,23H2,1H3,(H,25,27)(H,24,26,28);1H/t15-;/m1./s1. The van der Waals surface area contributed by atoms with Crippen molar-refractivity contribution in [3.8, 4) is 0 Å². The lowest BCUT2D eigenvalue weighted by atomic mass is 10.1. The molecular formula is C21H21Cl2N5O2S. The van der Waals surface area contributed by atoms with Crippen LogP contribution < -0.4 is 16.4 Å². The molecule has 10 heteroatoms. The van der Waals surface area contributed by atoms with Gasteiger partial charge in [-0.2, -0.15) is 0 Å². The van der Waals surface area contributed by atoms with Gasteiger partial charge in [-0.25, -0.2) is 4.98 Å². The maximum atomic E-state index is 12.5. The fourth-order valence-corrected chi connectivity index (χ4v) is 4.56. The molecule has 1 amide bonds. The Morgan fingerprint density at radius 1 is 1.32 bits per heavy atom. The molecule has 7 nitrogen and oxygen atoms in total. The number of hydrogen-bond donors (Lipinski definition) is 3. The Morgan fingerprint density at radius 3 is 2.81 bits per heavy atom. The second-order valence-electron chi connectivity index (χ2n) is 6.79. The number of furan rings is 1. The van der Waals surface area contributed by atoms with E-state index in [2.05, 4.69) is 20.6 Å². The van der Waals surface area contributed by atoms with E-state index in [-0.39, 0.29) is 18.3 Å². The van der Waals surface area contributed by atoms with Crippen LogP contribution in [0.25, 0.3) is 10.2 Å². The molecule has 4 aromatic heterocycles. The van der Waals surface area contributed by atoms with E-state index in [1.807, 2.05) is 19.1 Å². The summed E-state index contributed by atoms with van der Waals surface area (Å²) in [4.78, 5) is 21.9. The maximum Gasteiger partial charge on any atom is 0.241 e. The molecule has 1 atom stereocenters. The molecule has 31 heavy (non-hydrogen) atoms. The summed E-state index contributed by atoms with van der Waals surface area (Å²) in [6.45, 7) is 2.50. The summed E-state index contributed by atoms with van der Waals surface area (Å²) in [5, 5.41) is 6.57. The van der Waals surface area contributed by atoms with Gasteiger partial charge in [0.2, 0.25) is 5.91 Å². The van der Waals surface area contributed by atoms with Crippen LogP contribution in [0.3, 0.4) is 0 Å². The van der Waals surface area contributed by atoms with Gasteiger partial charge < -0.3 is 20.8 Å². The van der Waals surface area contributed by atoms with E-state index in [9.17, 15) is 4.79 Å². The smallest absolute Gasteiger partial charge is 0.241 e. The Labute approximate surface area is 194 Å². The first-order valence-electron chi connectivity index (χ1n) is 9.32. The fourth-order valence-electron chi connectivity index (χ4n) is 3.08. The average molecular weight is 478 g/mol. The predicted octanol–water partition coefficient (Wildman–Crippen LogP) is 4.79. The van der Waals surface area contributed by atoms with Crippen LogP contribution in [0.1, 0.15) is 16.2 Å². The number of nitrogens with one attached hydrogen (secondary N) is 2. The van der Waals surface area contributed by atoms with Crippen molar-refractivity contribution in [3.05, 3.63) is 70.3 Å². The number of aromatic nitrogens is 2. The second-order valence-corrected chi connectivity index (χ2v) is 8.28. The van der Waals surface area contributed by atoms with Crippen LogP contribution in [0.4, 0.5) is 11.4 Å².